The fraction of sp³-hybridized carbons (Fsp3) is 0.385. The van der Waals surface area contributed by atoms with Crippen molar-refractivity contribution in [3.63, 3.8) is 0 Å². The molecule has 0 amide bonds. The molecule has 0 aliphatic heterocycles. The number of aryl methyl sites for hydroxylation is 1. The molecule has 0 saturated carbocycles. The summed E-state index contributed by atoms with van der Waals surface area (Å²) in [7, 11) is 0. The number of anilines is 2. The van der Waals surface area contributed by atoms with Gasteiger partial charge in [-0.15, -0.1) is 11.3 Å². The van der Waals surface area contributed by atoms with E-state index in [1.54, 1.807) is 17.4 Å². The third-order valence-corrected chi connectivity index (χ3v) is 5.48. The van der Waals surface area contributed by atoms with Crippen LogP contribution in [0.25, 0.3) is 0 Å². The first kappa shape index (κ1) is 15.1. The Morgan fingerprint density at radius 2 is 1.95 bits per heavy atom. The Bertz CT molecular complexity index is 564. The summed E-state index contributed by atoms with van der Waals surface area (Å²) in [5.41, 5.74) is 19.0. The molecule has 2 rings (SSSR count). The SMILES string of the molecule is CCC(N)C(Sc1nc(N)cc(N)n1)c1sccc1C. The zero-order chi connectivity index (χ0) is 14.7. The van der Waals surface area contributed by atoms with Gasteiger partial charge in [-0.05, 0) is 30.4 Å². The Morgan fingerprint density at radius 1 is 1.30 bits per heavy atom. The largest absolute Gasteiger partial charge is 0.383 e. The van der Waals surface area contributed by atoms with Crippen molar-refractivity contribution < 1.29 is 0 Å². The molecule has 2 aromatic rings. The van der Waals surface area contributed by atoms with Crippen molar-refractivity contribution in [1.82, 2.24) is 9.97 Å². The van der Waals surface area contributed by atoms with E-state index in [1.807, 2.05) is 0 Å². The molecule has 2 unspecified atom stereocenters. The summed E-state index contributed by atoms with van der Waals surface area (Å²) in [4.78, 5) is 9.72. The lowest BCUT2D eigenvalue weighted by Gasteiger charge is -2.21. The molecule has 0 aliphatic rings. The maximum Gasteiger partial charge on any atom is 0.192 e. The number of hydrogen-bond donors (Lipinski definition) is 3. The first-order valence-electron chi connectivity index (χ1n) is 6.37. The fourth-order valence-electron chi connectivity index (χ4n) is 1.85. The molecule has 0 aromatic carbocycles. The third kappa shape index (κ3) is 3.41. The maximum absolute atomic E-state index is 6.27. The van der Waals surface area contributed by atoms with E-state index in [0.29, 0.717) is 16.8 Å². The molecular formula is C13H19N5S2. The average Bonchev–Trinajstić information content (AvgIpc) is 2.80. The van der Waals surface area contributed by atoms with Crippen LogP contribution in [0.15, 0.2) is 22.7 Å². The van der Waals surface area contributed by atoms with Crippen molar-refractivity contribution in [2.24, 2.45) is 5.73 Å². The minimum atomic E-state index is 0.0311. The Balaban J connectivity index is 2.31. The van der Waals surface area contributed by atoms with Gasteiger partial charge < -0.3 is 17.2 Å². The van der Waals surface area contributed by atoms with Crippen molar-refractivity contribution in [3.05, 3.63) is 28.0 Å². The topological polar surface area (TPSA) is 104 Å². The summed E-state index contributed by atoms with van der Waals surface area (Å²) in [5.74, 6) is 0.762. The number of nitrogen functional groups attached to an aromatic ring is 2. The second-order valence-corrected chi connectivity index (χ2v) is 6.64. The van der Waals surface area contributed by atoms with Crippen LogP contribution in [0.3, 0.4) is 0 Å². The zero-order valence-corrected chi connectivity index (χ0v) is 13.2. The minimum absolute atomic E-state index is 0.0311. The van der Waals surface area contributed by atoms with Crippen LogP contribution in [0, 0.1) is 6.92 Å². The van der Waals surface area contributed by atoms with Crippen LogP contribution in [0.1, 0.15) is 29.0 Å². The standard InChI is InChI=1S/C13H19N5S2/c1-3-8(14)12(11-7(2)4-5-19-11)20-13-17-9(15)6-10(16)18-13/h4-6,8,12H,3,14H2,1-2H3,(H4,15,16,17,18). The van der Waals surface area contributed by atoms with Gasteiger partial charge in [-0.3, -0.25) is 0 Å². The summed E-state index contributed by atoms with van der Waals surface area (Å²) in [6.07, 6.45) is 0.882. The summed E-state index contributed by atoms with van der Waals surface area (Å²) in [6.45, 7) is 4.17. The number of nitrogens with two attached hydrogens (primary N) is 3. The number of aromatic nitrogens is 2. The summed E-state index contributed by atoms with van der Waals surface area (Å²) < 4.78 is 0. The Kier molecular flexibility index (Phi) is 4.85. The molecule has 6 N–H and O–H groups in total. The van der Waals surface area contributed by atoms with E-state index in [9.17, 15) is 0 Å². The highest BCUT2D eigenvalue weighted by molar-refractivity contribution is 7.99. The van der Waals surface area contributed by atoms with Gasteiger partial charge in [-0.1, -0.05) is 18.7 Å². The Hall–Kier alpha value is -1.31. The van der Waals surface area contributed by atoms with E-state index in [0.717, 1.165) is 6.42 Å². The van der Waals surface area contributed by atoms with Crippen LogP contribution in [0.4, 0.5) is 11.6 Å². The highest BCUT2D eigenvalue weighted by Gasteiger charge is 2.24. The first-order valence-corrected chi connectivity index (χ1v) is 8.13. The number of nitrogens with zero attached hydrogens (tertiary/aromatic N) is 2. The lowest BCUT2D eigenvalue weighted by Crippen LogP contribution is -2.25. The lowest BCUT2D eigenvalue weighted by molar-refractivity contribution is 0.636. The van der Waals surface area contributed by atoms with E-state index in [-0.39, 0.29) is 11.3 Å². The summed E-state index contributed by atoms with van der Waals surface area (Å²) >= 11 is 3.23. The van der Waals surface area contributed by atoms with Crippen LogP contribution in [-0.4, -0.2) is 16.0 Å². The number of rotatable bonds is 5. The summed E-state index contributed by atoms with van der Waals surface area (Å²) in [6, 6.07) is 3.68. The predicted molar refractivity (Wildman–Crippen MR) is 86.8 cm³/mol. The van der Waals surface area contributed by atoms with Gasteiger partial charge in [0.05, 0.1) is 5.25 Å². The molecule has 2 atom stereocenters. The Morgan fingerprint density at radius 3 is 2.45 bits per heavy atom. The average molecular weight is 309 g/mol. The van der Waals surface area contributed by atoms with E-state index in [2.05, 4.69) is 35.3 Å². The van der Waals surface area contributed by atoms with Gasteiger partial charge in [0.1, 0.15) is 11.6 Å². The van der Waals surface area contributed by atoms with Crippen LogP contribution in [0.5, 0.6) is 0 Å². The van der Waals surface area contributed by atoms with Gasteiger partial charge in [0.2, 0.25) is 0 Å². The highest BCUT2D eigenvalue weighted by atomic mass is 32.2. The number of thioether (sulfide) groups is 1. The second-order valence-electron chi connectivity index (χ2n) is 4.58. The van der Waals surface area contributed by atoms with Gasteiger partial charge in [0, 0.05) is 17.0 Å². The number of hydrogen-bond acceptors (Lipinski definition) is 7. The monoisotopic (exact) mass is 309 g/mol. The molecule has 0 saturated heterocycles. The molecule has 2 heterocycles. The van der Waals surface area contributed by atoms with Gasteiger partial charge in [-0.2, -0.15) is 0 Å². The highest BCUT2D eigenvalue weighted by Crippen LogP contribution is 2.40. The van der Waals surface area contributed by atoms with Gasteiger partial charge in [-0.25, -0.2) is 9.97 Å². The quantitative estimate of drug-likeness (QED) is 0.579. The molecule has 0 fully saturated rings. The summed E-state index contributed by atoms with van der Waals surface area (Å²) in [5, 5.41) is 2.76. The minimum Gasteiger partial charge on any atom is -0.383 e. The van der Waals surface area contributed by atoms with Crippen molar-refractivity contribution >= 4 is 34.7 Å². The molecule has 0 radical (unpaired) electrons. The van der Waals surface area contributed by atoms with Crippen molar-refractivity contribution in [2.75, 3.05) is 11.5 Å². The molecular weight excluding hydrogens is 290 g/mol. The van der Waals surface area contributed by atoms with Crippen LogP contribution in [0.2, 0.25) is 0 Å². The molecule has 0 spiro atoms. The fourth-order valence-corrected chi connectivity index (χ4v) is 4.35. The van der Waals surface area contributed by atoms with Crippen LogP contribution in [-0.2, 0) is 0 Å². The van der Waals surface area contributed by atoms with Crippen LogP contribution < -0.4 is 17.2 Å². The van der Waals surface area contributed by atoms with Gasteiger partial charge >= 0.3 is 0 Å². The van der Waals surface area contributed by atoms with Crippen molar-refractivity contribution in [2.45, 2.75) is 36.7 Å². The molecule has 108 valence electrons. The van der Waals surface area contributed by atoms with Crippen molar-refractivity contribution in [3.8, 4) is 0 Å². The van der Waals surface area contributed by atoms with Crippen LogP contribution >= 0.6 is 23.1 Å². The Labute approximate surface area is 127 Å². The number of thiophene rings is 1. The third-order valence-electron chi connectivity index (χ3n) is 3.00. The molecule has 7 heteroatoms. The van der Waals surface area contributed by atoms with Gasteiger partial charge in [0.15, 0.2) is 5.16 Å². The maximum atomic E-state index is 6.27. The molecule has 5 nitrogen and oxygen atoms in total. The van der Waals surface area contributed by atoms with Crippen molar-refractivity contribution in [1.29, 1.82) is 0 Å². The predicted octanol–water partition coefficient (Wildman–Crippen LogP) is 2.58. The van der Waals surface area contributed by atoms with Gasteiger partial charge in [0.25, 0.3) is 0 Å². The zero-order valence-electron chi connectivity index (χ0n) is 11.5. The molecule has 2 aromatic heterocycles. The van der Waals surface area contributed by atoms with E-state index < -0.39 is 0 Å². The smallest absolute Gasteiger partial charge is 0.192 e. The first-order chi connectivity index (χ1) is 9.51. The molecule has 0 bridgehead atoms. The van der Waals surface area contributed by atoms with E-state index >= 15 is 0 Å². The molecule has 0 aliphatic carbocycles. The second kappa shape index (κ2) is 6.43. The normalized spacial score (nSPS) is 14.2. The van der Waals surface area contributed by atoms with E-state index in [1.165, 1.54) is 22.2 Å². The van der Waals surface area contributed by atoms with E-state index in [4.69, 9.17) is 17.2 Å². The lowest BCUT2D eigenvalue weighted by atomic mass is 10.1. The molecule has 20 heavy (non-hydrogen) atoms.